The average molecular weight is 360 g/mol. The molecule has 104 valence electrons. The summed E-state index contributed by atoms with van der Waals surface area (Å²) in [7, 11) is 0. The van der Waals surface area contributed by atoms with Gasteiger partial charge >= 0.3 is 0 Å². The van der Waals surface area contributed by atoms with Gasteiger partial charge in [0.25, 0.3) is 0 Å². The van der Waals surface area contributed by atoms with Crippen molar-refractivity contribution in [1.29, 1.82) is 0 Å². The zero-order valence-corrected chi connectivity index (χ0v) is 14.7. The molecular weight excluding hydrogens is 343 g/mol. The molecule has 0 fully saturated rings. The summed E-state index contributed by atoms with van der Waals surface area (Å²) >= 11 is 0. The molecule has 3 aromatic carbocycles. The van der Waals surface area contributed by atoms with E-state index in [1.165, 1.54) is 33.4 Å². The standard InChI is InChI=1S/C21H16.Zr/c1-2-6-16(7-3-1)17-10-12-18(13-11-17)21-14-19-8-4-5-9-20(19)15-21;/h1-14H,15H2;. The Bertz CT molecular complexity index is 799. The quantitative estimate of drug-likeness (QED) is 0.571. The van der Waals surface area contributed by atoms with Gasteiger partial charge in [-0.15, -0.1) is 0 Å². The number of benzene rings is 3. The maximum atomic E-state index is 2.31. The maximum absolute atomic E-state index is 2.31. The summed E-state index contributed by atoms with van der Waals surface area (Å²) in [5, 5.41) is 0. The third kappa shape index (κ3) is 2.92. The van der Waals surface area contributed by atoms with Crippen molar-refractivity contribution in [3.8, 4) is 11.1 Å². The Hall–Kier alpha value is -1.72. The first kappa shape index (κ1) is 15.2. The van der Waals surface area contributed by atoms with Crippen molar-refractivity contribution in [2.24, 2.45) is 0 Å². The second-order valence-corrected chi connectivity index (χ2v) is 5.49. The second kappa shape index (κ2) is 6.59. The molecule has 0 spiro atoms. The molecule has 0 saturated heterocycles. The molecule has 4 rings (SSSR count). The Morgan fingerprint density at radius 2 is 1.14 bits per heavy atom. The van der Waals surface area contributed by atoms with Crippen LogP contribution < -0.4 is 0 Å². The van der Waals surface area contributed by atoms with Crippen LogP contribution in [0.25, 0.3) is 22.8 Å². The molecule has 0 saturated carbocycles. The smallest absolute Gasteiger partial charge is 0 e. The minimum Gasteiger partial charge on any atom is -0.0622 e. The van der Waals surface area contributed by atoms with Crippen LogP contribution in [0.3, 0.4) is 0 Å². The van der Waals surface area contributed by atoms with Crippen molar-refractivity contribution < 1.29 is 26.2 Å². The fourth-order valence-electron chi connectivity index (χ4n) is 2.97. The van der Waals surface area contributed by atoms with Gasteiger partial charge in [-0.05, 0) is 39.8 Å². The number of rotatable bonds is 2. The van der Waals surface area contributed by atoms with Crippen LogP contribution in [0.4, 0.5) is 0 Å². The SMILES string of the molecule is C1=C(c2ccc(-c3ccccc3)cc2)Cc2ccccc21.[Zr]. The average Bonchev–Trinajstić information content (AvgIpc) is 3.00. The molecule has 1 heteroatoms. The third-order valence-corrected chi connectivity index (χ3v) is 4.13. The zero-order valence-electron chi connectivity index (χ0n) is 12.3. The third-order valence-electron chi connectivity index (χ3n) is 4.13. The van der Waals surface area contributed by atoms with Crippen LogP contribution in [0, 0.1) is 0 Å². The predicted molar refractivity (Wildman–Crippen MR) is 89.9 cm³/mol. The Kier molecular flexibility index (Phi) is 4.55. The van der Waals surface area contributed by atoms with Crippen molar-refractivity contribution in [3.63, 3.8) is 0 Å². The molecule has 0 unspecified atom stereocenters. The Labute approximate surface area is 150 Å². The van der Waals surface area contributed by atoms with Crippen molar-refractivity contribution in [2.45, 2.75) is 6.42 Å². The minimum atomic E-state index is 0. The molecule has 1 aliphatic rings. The molecule has 0 heterocycles. The van der Waals surface area contributed by atoms with E-state index in [2.05, 4.69) is 84.9 Å². The van der Waals surface area contributed by atoms with E-state index in [1.807, 2.05) is 0 Å². The van der Waals surface area contributed by atoms with Crippen LogP contribution in [0.1, 0.15) is 16.7 Å². The van der Waals surface area contributed by atoms with Gasteiger partial charge in [-0.3, -0.25) is 0 Å². The molecule has 0 nitrogen and oxygen atoms in total. The molecule has 1 aliphatic carbocycles. The Morgan fingerprint density at radius 1 is 0.545 bits per heavy atom. The first-order chi connectivity index (χ1) is 10.4. The molecule has 0 amide bonds. The summed E-state index contributed by atoms with van der Waals surface area (Å²) in [6.07, 6.45) is 3.35. The minimum absolute atomic E-state index is 0. The first-order valence-corrected chi connectivity index (χ1v) is 7.34. The largest absolute Gasteiger partial charge is 0.0622 e. The van der Waals surface area contributed by atoms with Gasteiger partial charge in [0.2, 0.25) is 0 Å². The van der Waals surface area contributed by atoms with Gasteiger partial charge in [0.1, 0.15) is 0 Å². The number of fused-ring (bicyclic) bond motifs is 1. The van der Waals surface area contributed by atoms with Crippen molar-refractivity contribution in [1.82, 2.24) is 0 Å². The van der Waals surface area contributed by atoms with E-state index in [4.69, 9.17) is 0 Å². The topological polar surface area (TPSA) is 0 Å². The predicted octanol–water partition coefficient (Wildman–Crippen LogP) is 5.45. The van der Waals surface area contributed by atoms with Gasteiger partial charge in [-0.25, -0.2) is 0 Å². The zero-order chi connectivity index (χ0) is 14.1. The van der Waals surface area contributed by atoms with Crippen LogP contribution in [0.15, 0.2) is 78.9 Å². The van der Waals surface area contributed by atoms with E-state index in [0.29, 0.717) is 0 Å². The first-order valence-electron chi connectivity index (χ1n) is 7.34. The van der Waals surface area contributed by atoms with Crippen molar-refractivity contribution in [3.05, 3.63) is 95.6 Å². The van der Waals surface area contributed by atoms with Crippen molar-refractivity contribution in [2.75, 3.05) is 0 Å². The molecule has 3 aromatic rings. The Balaban J connectivity index is 0.00000144. The summed E-state index contributed by atoms with van der Waals surface area (Å²) in [4.78, 5) is 0. The van der Waals surface area contributed by atoms with Crippen LogP contribution >= 0.6 is 0 Å². The number of hydrogen-bond acceptors (Lipinski definition) is 0. The van der Waals surface area contributed by atoms with Gasteiger partial charge < -0.3 is 0 Å². The van der Waals surface area contributed by atoms with Gasteiger partial charge in [-0.1, -0.05) is 84.9 Å². The number of allylic oxidation sites excluding steroid dienone is 1. The molecule has 0 atom stereocenters. The van der Waals surface area contributed by atoms with Crippen LogP contribution in [-0.2, 0) is 32.6 Å². The van der Waals surface area contributed by atoms with Gasteiger partial charge in [0.05, 0.1) is 0 Å². The molecule has 22 heavy (non-hydrogen) atoms. The monoisotopic (exact) mass is 358 g/mol. The summed E-state index contributed by atoms with van der Waals surface area (Å²) in [5.41, 5.74) is 8.07. The fraction of sp³-hybridized carbons (Fsp3) is 0.0476. The van der Waals surface area contributed by atoms with E-state index in [1.54, 1.807) is 0 Å². The van der Waals surface area contributed by atoms with E-state index in [-0.39, 0.29) is 26.2 Å². The van der Waals surface area contributed by atoms with Crippen LogP contribution in [0.5, 0.6) is 0 Å². The molecule has 0 aliphatic heterocycles. The Morgan fingerprint density at radius 3 is 1.86 bits per heavy atom. The maximum Gasteiger partial charge on any atom is 0 e. The molecule has 0 N–H and O–H groups in total. The molecule has 0 bridgehead atoms. The number of hydrogen-bond donors (Lipinski definition) is 0. The summed E-state index contributed by atoms with van der Waals surface area (Å²) < 4.78 is 0. The fourth-order valence-corrected chi connectivity index (χ4v) is 2.97. The van der Waals surface area contributed by atoms with E-state index in [0.717, 1.165) is 6.42 Å². The van der Waals surface area contributed by atoms with Gasteiger partial charge in [-0.2, -0.15) is 0 Å². The van der Waals surface area contributed by atoms with E-state index >= 15 is 0 Å². The summed E-state index contributed by atoms with van der Waals surface area (Å²) in [6, 6.07) is 28.1. The van der Waals surface area contributed by atoms with Crippen LogP contribution in [0.2, 0.25) is 0 Å². The second-order valence-electron chi connectivity index (χ2n) is 5.49. The molecular formula is C21H16Zr. The van der Waals surface area contributed by atoms with Crippen LogP contribution in [-0.4, -0.2) is 0 Å². The van der Waals surface area contributed by atoms with Gasteiger partial charge in [0, 0.05) is 26.2 Å². The van der Waals surface area contributed by atoms with E-state index in [9.17, 15) is 0 Å². The van der Waals surface area contributed by atoms with E-state index < -0.39 is 0 Å². The normalized spacial score (nSPS) is 12.3. The molecule has 0 radical (unpaired) electrons. The van der Waals surface area contributed by atoms with Gasteiger partial charge in [0.15, 0.2) is 0 Å². The summed E-state index contributed by atoms with van der Waals surface area (Å²) in [6.45, 7) is 0. The summed E-state index contributed by atoms with van der Waals surface area (Å²) in [5.74, 6) is 0. The van der Waals surface area contributed by atoms with Crippen molar-refractivity contribution >= 4 is 11.6 Å². The molecule has 0 aromatic heterocycles.